The van der Waals surface area contributed by atoms with E-state index in [2.05, 4.69) is 235 Å². The summed E-state index contributed by atoms with van der Waals surface area (Å²) in [5.41, 5.74) is 26.0. The fourth-order valence-electron chi connectivity index (χ4n) is 13.7. The Morgan fingerprint density at radius 2 is 0.760 bits per heavy atom. The van der Waals surface area contributed by atoms with Crippen molar-refractivity contribution in [2.75, 3.05) is 0 Å². The van der Waals surface area contributed by atoms with Gasteiger partial charge in [0.1, 0.15) is 36.9 Å². The lowest BCUT2D eigenvalue weighted by Gasteiger charge is -2.18. The molecule has 0 amide bonds. The fraction of sp³-hybridized carbons (Fsp3) is 0.365. The normalized spacial score (nSPS) is 12.9. The summed E-state index contributed by atoms with van der Waals surface area (Å²) >= 11 is 1.89. The number of aromatic nitrogens is 8. The number of nitrogens with zero attached hydrogens (tertiary/aromatic N) is 8. The summed E-state index contributed by atoms with van der Waals surface area (Å²) in [6.07, 6.45) is 14.9. The molecule has 1 saturated carbocycles. The van der Waals surface area contributed by atoms with Crippen LogP contribution in [0.4, 0.5) is 8.78 Å². The summed E-state index contributed by atoms with van der Waals surface area (Å²) in [5, 5.41) is 3.15. The number of rotatable bonds is 9. The van der Waals surface area contributed by atoms with Gasteiger partial charge in [-0.25, -0.2) is 48.7 Å². The van der Waals surface area contributed by atoms with Gasteiger partial charge in [-0.1, -0.05) is 160 Å². The summed E-state index contributed by atoms with van der Waals surface area (Å²) in [6, 6.07) is 40.2. The first kappa shape index (κ1) is 70.3. The Labute approximate surface area is 573 Å². The smallest absolute Gasteiger partial charge is 0.129 e. The third-order valence-electron chi connectivity index (χ3n) is 17.6. The van der Waals surface area contributed by atoms with Gasteiger partial charge in [-0.3, -0.25) is 0 Å². The zero-order chi connectivity index (χ0) is 69.1. The van der Waals surface area contributed by atoms with Gasteiger partial charge >= 0.3 is 0 Å². The second-order valence-corrected chi connectivity index (χ2v) is 32.0. The zero-order valence-corrected chi connectivity index (χ0v) is 60.9. The number of thiophene rings is 1. The van der Waals surface area contributed by atoms with Crippen molar-refractivity contribution in [3.8, 4) is 45.0 Å². The van der Waals surface area contributed by atoms with Crippen molar-refractivity contribution in [2.45, 2.75) is 188 Å². The van der Waals surface area contributed by atoms with Crippen LogP contribution < -0.4 is 0 Å². The number of halogens is 2. The molecule has 0 atom stereocenters. The topological polar surface area (TPSA) is 103 Å². The van der Waals surface area contributed by atoms with Crippen molar-refractivity contribution in [3.63, 3.8) is 0 Å². The molecule has 8 nitrogen and oxygen atoms in total. The van der Waals surface area contributed by atoms with E-state index in [1.165, 1.54) is 90.9 Å². The van der Waals surface area contributed by atoms with Gasteiger partial charge in [0, 0.05) is 43.3 Å². The second kappa shape index (κ2) is 29.0. The standard InChI is InChI=1S/C22H28N2S.C21H21FN2.C21H23FN2.C21H24N2/c1-13(2)18-17(11-22(5,6)7)25-21-19(23-12-24-20(18)21)16-9-14(3)8-15(4)10-16;1-13-9-17(10-14(2)20(13)22)21-18-8-7-16(15-5-3-4-6-15)11-19(18)23-12-24-21;1-13-8-16(9-14(2)19(13)22)20-17-7-6-15(11-21(3,4)5)10-18(17)23-12-24-20;1-14-8-15(2)10-17(9-14)20-18-7-6-16(12-21(3,4)5)11-19(18)22-13-23-20/h8-10,12-13H,11H2,1-7H3;7-12,15H,3-6H2,1-2H3;6-10,12H,11H2,1-5H3;6-11,13H,12H2,1-5H3. The molecule has 7 aromatic carbocycles. The average molecular weight is 1300 g/mol. The highest BCUT2D eigenvalue weighted by atomic mass is 32.1. The first-order valence-electron chi connectivity index (χ1n) is 34.0. The molecule has 12 aromatic rings. The predicted molar refractivity (Wildman–Crippen MR) is 400 cm³/mol. The third kappa shape index (κ3) is 17.2. The molecular formula is C85H96F2N8S. The van der Waals surface area contributed by atoms with Gasteiger partial charge in [0.15, 0.2) is 0 Å². The van der Waals surface area contributed by atoms with Gasteiger partial charge < -0.3 is 0 Å². The van der Waals surface area contributed by atoms with Crippen molar-refractivity contribution >= 4 is 54.3 Å². The zero-order valence-electron chi connectivity index (χ0n) is 60.1. The first-order chi connectivity index (χ1) is 45.3. The van der Waals surface area contributed by atoms with Gasteiger partial charge in [-0.15, -0.1) is 11.3 Å². The fourth-order valence-corrected chi connectivity index (χ4v) is 15.4. The molecule has 11 heteroatoms. The van der Waals surface area contributed by atoms with Crippen LogP contribution in [0.2, 0.25) is 0 Å². The molecule has 1 aliphatic carbocycles. The van der Waals surface area contributed by atoms with Crippen LogP contribution in [0.25, 0.3) is 88.0 Å². The highest BCUT2D eigenvalue weighted by Crippen LogP contribution is 2.43. The quantitative estimate of drug-likeness (QED) is 0.141. The van der Waals surface area contributed by atoms with E-state index in [0.717, 1.165) is 91.4 Å². The number of hydrogen-bond donors (Lipinski definition) is 0. The highest BCUT2D eigenvalue weighted by Gasteiger charge is 2.25. The maximum atomic E-state index is 13.9. The molecule has 0 unspecified atom stereocenters. The van der Waals surface area contributed by atoms with E-state index in [0.29, 0.717) is 34.1 Å². The van der Waals surface area contributed by atoms with Crippen molar-refractivity contribution in [3.05, 3.63) is 224 Å². The van der Waals surface area contributed by atoms with Gasteiger partial charge in [0.05, 0.1) is 49.5 Å². The lowest BCUT2D eigenvalue weighted by molar-refractivity contribution is 0.411. The molecule has 0 radical (unpaired) electrons. The van der Waals surface area contributed by atoms with E-state index in [9.17, 15) is 8.78 Å². The van der Waals surface area contributed by atoms with Gasteiger partial charge in [0.25, 0.3) is 0 Å². The molecule has 496 valence electrons. The summed E-state index contributed by atoms with van der Waals surface area (Å²) in [6.45, 7) is 40.6. The Hall–Kier alpha value is -8.54. The van der Waals surface area contributed by atoms with Crippen molar-refractivity contribution in [1.82, 2.24) is 39.9 Å². The molecule has 0 bridgehead atoms. The third-order valence-corrected chi connectivity index (χ3v) is 18.8. The maximum absolute atomic E-state index is 13.9. The summed E-state index contributed by atoms with van der Waals surface area (Å²) in [7, 11) is 0. The van der Waals surface area contributed by atoms with Crippen LogP contribution >= 0.6 is 11.3 Å². The molecule has 1 fully saturated rings. The Bertz CT molecular complexity index is 4720. The SMILES string of the molecule is Cc1cc(-c2ncnc3cc(C4CCCC4)ccc23)cc(C)c1F.Cc1cc(-c2ncnc3cc(CC(C)(C)C)ccc23)cc(C)c1F.Cc1cc(C)cc(-c2ncnc3c(C(C)C)c(CC(C)(C)C)sc23)c1.Cc1cc(C)cc(-c2ncnc3cc(CC(C)(C)C)ccc23)c1. The molecule has 5 aromatic heterocycles. The minimum atomic E-state index is -0.149. The molecule has 0 spiro atoms. The van der Waals surface area contributed by atoms with Gasteiger partial charge in [-0.2, -0.15) is 0 Å². The number of hydrogen-bond acceptors (Lipinski definition) is 9. The van der Waals surface area contributed by atoms with Gasteiger partial charge in [0.2, 0.25) is 0 Å². The molecule has 5 heterocycles. The first-order valence-corrected chi connectivity index (χ1v) is 34.9. The molecule has 96 heavy (non-hydrogen) atoms. The monoisotopic (exact) mass is 1300 g/mol. The van der Waals surface area contributed by atoms with E-state index in [-0.39, 0.29) is 27.9 Å². The molecule has 0 aliphatic heterocycles. The van der Waals surface area contributed by atoms with Crippen LogP contribution in [0.1, 0.15) is 185 Å². The van der Waals surface area contributed by atoms with Crippen LogP contribution in [0, 0.1) is 83.3 Å². The number of aryl methyl sites for hydroxylation is 8. The van der Waals surface area contributed by atoms with E-state index < -0.39 is 0 Å². The van der Waals surface area contributed by atoms with Gasteiger partial charge in [-0.05, 0) is 227 Å². The van der Waals surface area contributed by atoms with Crippen molar-refractivity contribution in [2.24, 2.45) is 16.2 Å². The minimum Gasteiger partial charge on any atom is -0.236 e. The van der Waals surface area contributed by atoms with Crippen LogP contribution in [0.5, 0.6) is 0 Å². The minimum absolute atomic E-state index is 0.138. The molecule has 0 N–H and O–H groups in total. The van der Waals surface area contributed by atoms with E-state index in [4.69, 9.17) is 0 Å². The Balaban J connectivity index is 0.000000139. The summed E-state index contributed by atoms with van der Waals surface area (Å²) in [4.78, 5) is 37.7. The van der Waals surface area contributed by atoms with E-state index in [1.807, 2.05) is 35.6 Å². The van der Waals surface area contributed by atoms with Crippen LogP contribution in [0.3, 0.4) is 0 Å². The molecule has 1 aliphatic rings. The Morgan fingerprint density at radius 1 is 0.406 bits per heavy atom. The Morgan fingerprint density at radius 3 is 1.16 bits per heavy atom. The maximum Gasteiger partial charge on any atom is 0.129 e. The van der Waals surface area contributed by atoms with E-state index in [1.54, 1.807) is 53.0 Å². The number of fused-ring (bicyclic) bond motifs is 4. The van der Waals surface area contributed by atoms with Crippen LogP contribution in [0.15, 0.2) is 141 Å². The highest BCUT2D eigenvalue weighted by molar-refractivity contribution is 7.19. The second-order valence-electron chi connectivity index (χ2n) is 30.9. The summed E-state index contributed by atoms with van der Waals surface area (Å²) in [5.74, 6) is 0.849. The van der Waals surface area contributed by atoms with E-state index >= 15 is 0 Å². The van der Waals surface area contributed by atoms with Crippen molar-refractivity contribution in [1.29, 1.82) is 0 Å². The molecule has 0 saturated heterocycles. The summed E-state index contributed by atoms with van der Waals surface area (Å²) < 4.78 is 29.1. The molecule has 13 rings (SSSR count). The average Bonchev–Trinajstić information content (AvgIpc) is 1.38. The lowest BCUT2D eigenvalue weighted by Crippen LogP contribution is -2.09. The van der Waals surface area contributed by atoms with Crippen LogP contribution in [-0.4, -0.2) is 39.9 Å². The lowest BCUT2D eigenvalue weighted by atomic mass is 9.87. The molecular weight excluding hydrogens is 1200 g/mol. The van der Waals surface area contributed by atoms with Crippen LogP contribution in [-0.2, 0) is 19.3 Å². The Kier molecular flexibility index (Phi) is 21.3. The van der Waals surface area contributed by atoms with Crippen molar-refractivity contribution < 1.29 is 8.78 Å². The number of benzene rings is 7. The predicted octanol–water partition coefficient (Wildman–Crippen LogP) is 23.5. The largest absolute Gasteiger partial charge is 0.236 e.